The molecule has 1 aliphatic carbocycles. The van der Waals surface area contributed by atoms with Gasteiger partial charge in [-0.1, -0.05) is 13.8 Å². The van der Waals surface area contributed by atoms with Crippen LogP contribution in [0, 0.1) is 0 Å². The Bertz CT molecular complexity index is 493. The van der Waals surface area contributed by atoms with E-state index in [1.54, 1.807) is 30.1 Å². The Kier molecular flexibility index (Phi) is 4.88. The van der Waals surface area contributed by atoms with E-state index in [1.165, 1.54) is 0 Å². The lowest BCUT2D eigenvalue weighted by Crippen LogP contribution is -2.57. The Hall–Kier alpha value is -1.56. The summed E-state index contributed by atoms with van der Waals surface area (Å²) in [6, 6.07) is 1.97. The molecule has 1 heterocycles. The molecule has 116 valence electrons. The zero-order chi connectivity index (χ0) is 15.5. The molecule has 2 rings (SSSR count). The van der Waals surface area contributed by atoms with Crippen LogP contribution >= 0.6 is 11.3 Å². The summed E-state index contributed by atoms with van der Waals surface area (Å²) in [6.45, 7) is 4.12. The Morgan fingerprint density at radius 3 is 2.52 bits per heavy atom. The number of hydrogen-bond donors (Lipinski definition) is 2. The summed E-state index contributed by atoms with van der Waals surface area (Å²) < 4.78 is 0. The van der Waals surface area contributed by atoms with Crippen molar-refractivity contribution in [3.05, 3.63) is 22.4 Å². The molecular weight excluding hydrogens is 288 g/mol. The van der Waals surface area contributed by atoms with Gasteiger partial charge in [0.2, 0.25) is 0 Å². The third-order valence-corrected chi connectivity index (χ3v) is 4.88. The topological polar surface area (TPSA) is 69.6 Å². The van der Waals surface area contributed by atoms with Gasteiger partial charge in [-0.05, 0) is 48.1 Å². The Morgan fingerprint density at radius 1 is 1.43 bits per heavy atom. The maximum Gasteiger partial charge on any atom is 0.329 e. The first-order chi connectivity index (χ1) is 10.0. The van der Waals surface area contributed by atoms with E-state index >= 15 is 0 Å². The summed E-state index contributed by atoms with van der Waals surface area (Å²) in [7, 11) is 0. The Balaban J connectivity index is 2.09. The third kappa shape index (κ3) is 3.56. The van der Waals surface area contributed by atoms with Crippen molar-refractivity contribution >= 4 is 23.3 Å². The molecule has 2 N–H and O–H groups in total. The summed E-state index contributed by atoms with van der Waals surface area (Å²) in [5.74, 6) is -0.966. The summed E-state index contributed by atoms with van der Waals surface area (Å²) in [5.41, 5.74) is -0.0743. The van der Waals surface area contributed by atoms with Crippen molar-refractivity contribution in [1.82, 2.24) is 10.2 Å². The summed E-state index contributed by atoms with van der Waals surface area (Å²) in [6.07, 6.45) is 2.74. The molecule has 0 spiro atoms. The molecule has 2 amide bonds. The lowest BCUT2D eigenvalue weighted by Gasteiger charge is -2.32. The number of carboxylic acids is 1. The molecule has 0 aliphatic heterocycles. The van der Waals surface area contributed by atoms with E-state index in [4.69, 9.17) is 0 Å². The zero-order valence-corrected chi connectivity index (χ0v) is 13.3. The first kappa shape index (κ1) is 15.8. The highest BCUT2D eigenvalue weighted by Crippen LogP contribution is 2.29. The largest absolute Gasteiger partial charge is 0.480 e. The molecule has 1 fully saturated rings. The van der Waals surface area contributed by atoms with Gasteiger partial charge >= 0.3 is 12.0 Å². The van der Waals surface area contributed by atoms with Crippen LogP contribution in [0.4, 0.5) is 4.79 Å². The van der Waals surface area contributed by atoms with E-state index < -0.39 is 11.5 Å². The first-order valence-electron chi connectivity index (χ1n) is 7.35. The van der Waals surface area contributed by atoms with Gasteiger partial charge in [-0.3, -0.25) is 0 Å². The number of nitrogens with one attached hydrogen (secondary N) is 1. The van der Waals surface area contributed by atoms with E-state index in [2.05, 4.69) is 5.32 Å². The molecule has 0 bridgehead atoms. The van der Waals surface area contributed by atoms with Crippen molar-refractivity contribution in [3.63, 3.8) is 0 Å². The third-order valence-electron chi connectivity index (χ3n) is 4.14. The summed E-state index contributed by atoms with van der Waals surface area (Å²) in [5, 5.41) is 16.2. The highest BCUT2D eigenvalue weighted by Gasteiger charge is 2.40. The molecule has 21 heavy (non-hydrogen) atoms. The number of aliphatic carboxylic acids is 1. The first-order valence-corrected chi connectivity index (χ1v) is 8.30. The number of nitrogens with zero attached hydrogens (tertiary/aromatic N) is 1. The monoisotopic (exact) mass is 310 g/mol. The molecule has 0 saturated heterocycles. The second-order valence-electron chi connectivity index (χ2n) is 5.52. The zero-order valence-electron chi connectivity index (χ0n) is 12.5. The normalized spacial score (nSPS) is 14.8. The van der Waals surface area contributed by atoms with Crippen LogP contribution in [0.2, 0.25) is 0 Å². The van der Waals surface area contributed by atoms with Gasteiger partial charge in [0, 0.05) is 12.6 Å². The minimum Gasteiger partial charge on any atom is -0.480 e. The number of thiophene rings is 1. The van der Waals surface area contributed by atoms with Crippen LogP contribution < -0.4 is 5.32 Å². The van der Waals surface area contributed by atoms with Gasteiger partial charge in [0.25, 0.3) is 0 Å². The molecule has 0 unspecified atom stereocenters. The lowest BCUT2D eigenvalue weighted by atomic mass is 9.93. The smallest absolute Gasteiger partial charge is 0.329 e. The van der Waals surface area contributed by atoms with E-state index in [0.717, 1.165) is 18.4 Å². The maximum absolute atomic E-state index is 12.5. The van der Waals surface area contributed by atoms with Gasteiger partial charge in [0.1, 0.15) is 5.54 Å². The Labute approximate surface area is 129 Å². The number of urea groups is 1. The number of hydrogen-bond acceptors (Lipinski definition) is 3. The van der Waals surface area contributed by atoms with Crippen LogP contribution in [0.25, 0.3) is 0 Å². The predicted octanol–water partition coefficient (Wildman–Crippen LogP) is 3.07. The SMILES string of the molecule is CCC(CC)(NC(=O)N(Cc1ccsc1)C1CC1)C(=O)O. The minimum absolute atomic E-state index is 0.241. The summed E-state index contributed by atoms with van der Waals surface area (Å²) >= 11 is 1.60. The second-order valence-corrected chi connectivity index (χ2v) is 6.30. The van der Waals surface area contributed by atoms with Crippen molar-refractivity contribution < 1.29 is 14.7 Å². The Morgan fingerprint density at radius 2 is 2.10 bits per heavy atom. The quantitative estimate of drug-likeness (QED) is 0.813. The fourth-order valence-corrected chi connectivity index (χ4v) is 3.05. The molecule has 1 saturated carbocycles. The van der Waals surface area contributed by atoms with Crippen molar-refractivity contribution in [1.29, 1.82) is 0 Å². The number of carbonyl (C=O) groups is 2. The van der Waals surface area contributed by atoms with Gasteiger partial charge in [-0.2, -0.15) is 11.3 Å². The average Bonchev–Trinajstić information content (AvgIpc) is 3.18. The molecule has 0 radical (unpaired) electrons. The van der Waals surface area contributed by atoms with E-state index in [0.29, 0.717) is 19.4 Å². The van der Waals surface area contributed by atoms with Crippen molar-refractivity contribution in [2.75, 3.05) is 0 Å². The van der Waals surface area contributed by atoms with E-state index in [-0.39, 0.29) is 12.1 Å². The van der Waals surface area contributed by atoms with E-state index in [1.807, 2.05) is 16.8 Å². The molecule has 1 aromatic rings. The summed E-state index contributed by atoms with van der Waals surface area (Å²) in [4.78, 5) is 25.8. The highest BCUT2D eigenvalue weighted by atomic mass is 32.1. The van der Waals surface area contributed by atoms with E-state index in [9.17, 15) is 14.7 Å². The number of rotatable bonds is 7. The predicted molar refractivity (Wildman–Crippen MR) is 82.4 cm³/mol. The van der Waals surface area contributed by atoms with Crippen molar-refractivity contribution in [3.8, 4) is 0 Å². The standard InChI is InChI=1S/C15H22N2O3S/c1-3-15(4-2,13(18)19)16-14(20)17(12-5-6-12)9-11-7-8-21-10-11/h7-8,10,12H,3-6,9H2,1-2H3,(H,16,20)(H,18,19). The van der Waals surface area contributed by atoms with Crippen LogP contribution in [0.3, 0.4) is 0 Å². The molecule has 5 nitrogen and oxygen atoms in total. The van der Waals surface area contributed by atoms with Gasteiger partial charge in [0.05, 0.1) is 0 Å². The van der Waals surface area contributed by atoms with Crippen molar-refractivity contribution in [2.24, 2.45) is 0 Å². The number of carbonyl (C=O) groups excluding carboxylic acids is 1. The molecule has 1 aromatic heterocycles. The van der Waals surface area contributed by atoms with Gasteiger partial charge in [-0.25, -0.2) is 9.59 Å². The maximum atomic E-state index is 12.5. The number of amides is 2. The van der Waals surface area contributed by atoms with Crippen LogP contribution in [-0.4, -0.2) is 33.6 Å². The average molecular weight is 310 g/mol. The van der Waals surface area contributed by atoms with Gasteiger partial charge in [0.15, 0.2) is 0 Å². The molecular formula is C15H22N2O3S. The van der Waals surface area contributed by atoms with Crippen LogP contribution in [0.5, 0.6) is 0 Å². The lowest BCUT2D eigenvalue weighted by molar-refractivity contribution is -0.144. The van der Waals surface area contributed by atoms with Gasteiger partial charge < -0.3 is 15.3 Å². The molecule has 0 atom stereocenters. The van der Waals surface area contributed by atoms with Crippen LogP contribution in [0.15, 0.2) is 16.8 Å². The van der Waals surface area contributed by atoms with Crippen molar-refractivity contribution in [2.45, 2.75) is 57.7 Å². The van der Waals surface area contributed by atoms with Crippen LogP contribution in [0.1, 0.15) is 45.1 Å². The van der Waals surface area contributed by atoms with Crippen LogP contribution in [-0.2, 0) is 11.3 Å². The fraction of sp³-hybridized carbons (Fsp3) is 0.600. The highest BCUT2D eigenvalue weighted by molar-refractivity contribution is 7.07. The van der Waals surface area contributed by atoms with Gasteiger partial charge in [-0.15, -0.1) is 0 Å². The molecule has 0 aromatic carbocycles. The fourth-order valence-electron chi connectivity index (χ4n) is 2.39. The molecule has 1 aliphatic rings. The molecule has 6 heteroatoms. The minimum atomic E-state index is -1.17. The number of carboxylic acid groups (broad SMARTS) is 1. The second kappa shape index (κ2) is 6.47.